The molecule has 16 heteroatoms. The standard InChI is InChI=1S/C15H23FN4O2S.C15H21FN4O2S/c2*1-5-10(2)18-11-6-7-13(16)12(8-11)15(3)9-23(21,22)20(4)14(17)19-15/h6-8,10,18H,5,9H2,1-4H3,(H2,17,19);5-8,18H,9H2,1-4H3,(H2,17,19)/t10?,15-;15-/m00/s1. The number of hydrogen-bond donors (Lipinski definition) is 4. The summed E-state index contributed by atoms with van der Waals surface area (Å²) in [5.74, 6) is -1.99. The number of nitrogens with one attached hydrogen (secondary N) is 2. The highest BCUT2D eigenvalue weighted by Crippen LogP contribution is 2.36. The first-order valence-corrected chi connectivity index (χ1v) is 17.8. The molecule has 0 spiro atoms. The minimum Gasteiger partial charge on any atom is -0.383 e. The van der Waals surface area contributed by atoms with Crippen molar-refractivity contribution >= 4 is 43.3 Å². The lowest BCUT2D eigenvalue weighted by Crippen LogP contribution is -2.50. The topological polar surface area (TPSA) is 176 Å². The Kier molecular flexibility index (Phi) is 10.7. The third-order valence-electron chi connectivity index (χ3n) is 8.02. The second-order valence-electron chi connectivity index (χ2n) is 11.9. The molecule has 6 N–H and O–H groups in total. The van der Waals surface area contributed by atoms with E-state index in [9.17, 15) is 25.6 Å². The number of aliphatic imine (C=N–C) groups is 2. The zero-order chi connectivity index (χ0) is 34.8. The van der Waals surface area contributed by atoms with Gasteiger partial charge in [-0.3, -0.25) is 0 Å². The van der Waals surface area contributed by atoms with Crippen LogP contribution in [0.1, 0.15) is 59.1 Å². The molecule has 0 radical (unpaired) electrons. The molecule has 2 aliphatic rings. The summed E-state index contributed by atoms with van der Waals surface area (Å²) in [6.07, 6.45) is 2.79. The zero-order valence-electron chi connectivity index (χ0n) is 27.4. The molecule has 0 bridgehead atoms. The number of nitrogens with zero attached hydrogens (tertiary/aromatic N) is 4. The Bertz CT molecular complexity index is 1780. The Morgan fingerprint density at radius 1 is 0.913 bits per heavy atom. The van der Waals surface area contributed by atoms with Crippen molar-refractivity contribution in [3.8, 4) is 0 Å². The van der Waals surface area contributed by atoms with Gasteiger partial charge in [-0.15, -0.1) is 0 Å². The van der Waals surface area contributed by atoms with Crippen LogP contribution in [0.25, 0.3) is 0 Å². The largest absolute Gasteiger partial charge is 0.383 e. The minimum atomic E-state index is -3.64. The average Bonchev–Trinajstić information content (AvgIpc) is 2.96. The normalized spacial score (nSPS) is 24.6. The van der Waals surface area contributed by atoms with Crippen LogP contribution < -0.4 is 22.1 Å². The summed E-state index contributed by atoms with van der Waals surface area (Å²) in [7, 11) is -4.61. The number of halogens is 2. The number of sulfonamides is 2. The fourth-order valence-corrected chi connectivity index (χ4v) is 7.81. The van der Waals surface area contributed by atoms with Crippen molar-refractivity contribution in [2.45, 2.75) is 65.1 Å². The van der Waals surface area contributed by atoms with E-state index >= 15 is 0 Å². The molecule has 3 atom stereocenters. The van der Waals surface area contributed by atoms with Crippen LogP contribution in [0.15, 0.2) is 58.2 Å². The highest BCUT2D eigenvalue weighted by atomic mass is 32.2. The average molecular weight is 683 g/mol. The smallest absolute Gasteiger partial charge is 0.239 e. The molecular formula is C30H44F2N8O4S2. The van der Waals surface area contributed by atoms with E-state index in [0.29, 0.717) is 5.69 Å². The number of guanidine groups is 2. The first-order valence-electron chi connectivity index (χ1n) is 14.6. The summed E-state index contributed by atoms with van der Waals surface area (Å²) in [4.78, 5) is 8.46. The maximum Gasteiger partial charge on any atom is 0.239 e. The van der Waals surface area contributed by atoms with Crippen molar-refractivity contribution in [2.75, 3.05) is 36.2 Å². The highest BCUT2D eigenvalue weighted by Gasteiger charge is 2.43. The summed E-state index contributed by atoms with van der Waals surface area (Å²) < 4.78 is 79.4. The summed E-state index contributed by atoms with van der Waals surface area (Å²) in [6, 6.07) is 9.23. The van der Waals surface area contributed by atoms with Gasteiger partial charge >= 0.3 is 0 Å². The van der Waals surface area contributed by atoms with Crippen molar-refractivity contribution in [3.05, 3.63) is 70.9 Å². The fraction of sp³-hybridized carbons (Fsp3) is 0.467. The van der Waals surface area contributed by atoms with Crippen LogP contribution in [-0.4, -0.2) is 69.0 Å². The van der Waals surface area contributed by atoms with Gasteiger partial charge in [-0.1, -0.05) is 13.0 Å². The van der Waals surface area contributed by atoms with Gasteiger partial charge in [0.1, 0.15) is 22.7 Å². The summed E-state index contributed by atoms with van der Waals surface area (Å²) in [5.41, 5.74) is 11.6. The number of rotatable bonds is 7. The third-order valence-corrected chi connectivity index (χ3v) is 11.9. The highest BCUT2D eigenvalue weighted by molar-refractivity contribution is 7.90. The van der Waals surface area contributed by atoms with Gasteiger partial charge in [-0.2, -0.15) is 0 Å². The molecule has 0 saturated heterocycles. The summed E-state index contributed by atoms with van der Waals surface area (Å²) in [5, 5.41) is 6.36. The van der Waals surface area contributed by atoms with Gasteiger partial charge in [0, 0.05) is 48.3 Å². The lowest BCUT2D eigenvalue weighted by Gasteiger charge is -2.34. The summed E-state index contributed by atoms with van der Waals surface area (Å²) >= 11 is 0. The predicted octanol–water partition coefficient (Wildman–Crippen LogP) is 3.81. The summed E-state index contributed by atoms with van der Waals surface area (Å²) in [6.45, 7) is 11.0. The molecule has 0 fully saturated rings. The van der Waals surface area contributed by atoms with Gasteiger partial charge in [0.25, 0.3) is 0 Å². The molecule has 4 rings (SSSR count). The van der Waals surface area contributed by atoms with Crippen LogP contribution in [0.4, 0.5) is 20.2 Å². The van der Waals surface area contributed by atoms with E-state index in [2.05, 4.69) is 20.6 Å². The minimum absolute atomic E-state index is 0.140. The Balaban J connectivity index is 0.000000250. The Morgan fingerprint density at radius 2 is 1.33 bits per heavy atom. The van der Waals surface area contributed by atoms with Crippen molar-refractivity contribution in [2.24, 2.45) is 21.5 Å². The Morgan fingerprint density at radius 3 is 1.72 bits per heavy atom. The lowest BCUT2D eigenvalue weighted by molar-refractivity contribution is 0.456. The van der Waals surface area contributed by atoms with Crippen molar-refractivity contribution in [1.29, 1.82) is 0 Å². The quantitative estimate of drug-likeness (QED) is 0.341. The monoisotopic (exact) mass is 682 g/mol. The van der Waals surface area contributed by atoms with Crippen molar-refractivity contribution in [3.63, 3.8) is 0 Å². The fourth-order valence-electron chi connectivity index (χ4n) is 4.91. The van der Waals surface area contributed by atoms with Crippen LogP contribution in [0, 0.1) is 11.6 Å². The van der Waals surface area contributed by atoms with E-state index in [-0.39, 0.29) is 40.6 Å². The van der Waals surface area contributed by atoms with Crippen LogP contribution in [0.3, 0.4) is 0 Å². The van der Waals surface area contributed by atoms with Crippen molar-refractivity contribution < 1.29 is 25.6 Å². The number of nitrogens with two attached hydrogens (primary N) is 2. The van der Waals surface area contributed by atoms with E-state index in [1.807, 2.05) is 33.8 Å². The van der Waals surface area contributed by atoms with E-state index in [4.69, 9.17) is 11.5 Å². The number of anilines is 2. The van der Waals surface area contributed by atoms with Crippen LogP contribution in [0.5, 0.6) is 0 Å². The molecule has 0 aliphatic carbocycles. The molecular weight excluding hydrogens is 639 g/mol. The SMILES string of the molecule is CC=C(C)Nc1ccc(F)c([C@]2(C)CS(=O)(=O)N(C)C(N)=N2)c1.CCC(C)Nc1ccc(F)c([C@]2(C)CS(=O)(=O)N(C)C(N)=N2)c1. The molecule has 0 aromatic heterocycles. The molecule has 254 valence electrons. The van der Waals surface area contributed by atoms with Crippen LogP contribution >= 0.6 is 0 Å². The van der Waals surface area contributed by atoms with Crippen molar-refractivity contribution in [1.82, 2.24) is 8.61 Å². The van der Waals surface area contributed by atoms with E-state index in [1.165, 1.54) is 26.2 Å². The molecule has 12 nitrogen and oxygen atoms in total. The number of allylic oxidation sites excluding steroid dienone is 2. The molecule has 0 saturated carbocycles. The maximum absolute atomic E-state index is 14.3. The van der Waals surface area contributed by atoms with E-state index in [0.717, 1.165) is 26.4 Å². The first-order chi connectivity index (χ1) is 21.2. The number of benzene rings is 2. The lowest BCUT2D eigenvalue weighted by atomic mass is 9.93. The third kappa shape index (κ3) is 7.89. The van der Waals surface area contributed by atoms with Gasteiger partial charge in [-0.05, 0) is 77.4 Å². The van der Waals surface area contributed by atoms with E-state index < -0.39 is 42.8 Å². The molecule has 2 aliphatic heterocycles. The Labute approximate surface area is 270 Å². The van der Waals surface area contributed by atoms with Gasteiger partial charge in [0.05, 0.1) is 11.5 Å². The molecule has 46 heavy (non-hydrogen) atoms. The van der Waals surface area contributed by atoms with Crippen LogP contribution in [-0.2, 0) is 31.1 Å². The number of hydrogen-bond acceptors (Lipinski definition) is 10. The molecule has 2 aromatic rings. The Hall–Kier alpha value is -3.92. The van der Waals surface area contributed by atoms with Gasteiger partial charge < -0.3 is 22.1 Å². The first kappa shape index (κ1) is 36.5. The maximum atomic E-state index is 14.3. The molecule has 2 aromatic carbocycles. The zero-order valence-corrected chi connectivity index (χ0v) is 29.0. The van der Waals surface area contributed by atoms with Gasteiger partial charge in [0.15, 0.2) is 0 Å². The molecule has 0 amide bonds. The van der Waals surface area contributed by atoms with Gasteiger partial charge in [-0.25, -0.2) is 44.2 Å². The second-order valence-corrected chi connectivity index (χ2v) is 15.9. The molecule has 2 heterocycles. The second kappa shape index (κ2) is 13.4. The molecule has 1 unspecified atom stereocenters. The van der Waals surface area contributed by atoms with E-state index in [1.54, 1.807) is 38.1 Å². The van der Waals surface area contributed by atoms with Gasteiger partial charge in [0.2, 0.25) is 32.0 Å². The van der Waals surface area contributed by atoms with Crippen LogP contribution in [0.2, 0.25) is 0 Å². The predicted molar refractivity (Wildman–Crippen MR) is 180 cm³/mol.